The lowest BCUT2D eigenvalue weighted by Crippen LogP contribution is -2.35. The zero-order valence-corrected chi connectivity index (χ0v) is 18.6. The minimum Gasteiger partial charge on any atom is -0.351 e. The molecule has 4 rings (SSSR count). The molecule has 1 saturated heterocycles. The maximum atomic E-state index is 12.9. The van der Waals surface area contributed by atoms with E-state index >= 15 is 0 Å². The lowest BCUT2D eigenvalue weighted by molar-refractivity contribution is -0.121. The van der Waals surface area contributed by atoms with Crippen molar-refractivity contribution in [3.05, 3.63) is 46.4 Å². The first kappa shape index (κ1) is 21.0. The van der Waals surface area contributed by atoms with Crippen LogP contribution in [0.4, 0.5) is 0 Å². The average molecular weight is 447 g/mol. The van der Waals surface area contributed by atoms with E-state index in [1.54, 1.807) is 33.8 Å². The van der Waals surface area contributed by atoms with Gasteiger partial charge in [0.25, 0.3) is 0 Å². The Balaban J connectivity index is 1.46. The standard InChI is InChI=1S/C21H26N4O3S2/c1-24-19-8-7-17(30(27,28)25-11-3-2-4-12-25)14-18(19)23-20(24)9-10-21(26)22-15-16-6-5-13-29-16/h5-8,13-14H,2-4,9-12,15H2,1H3,(H,22,26). The summed E-state index contributed by atoms with van der Waals surface area (Å²) >= 11 is 1.61. The van der Waals surface area contributed by atoms with E-state index in [2.05, 4.69) is 10.3 Å². The topological polar surface area (TPSA) is 84.3 Å². The van der Waals surface area contributed by atoms with Crippen LogP contribution in [0, 0.1) is 0 Å². The second-order valence-electron chi connectivity index (χ2n) is 7.56. The molecule has 9 heteroatoms. The fourth-order valence-corrected chi connectivity index (χ4v) is 5.96. The van der Waals surface area contributed by atoms with Crippen LogP contribution in [0.3, 0.4) is 0 Å². The summed E-state index contributed by atoms with van der Waals surface area (Å²) in [5.74, 6) is 0.743. The highest BCUT2D eigenvalue weighted by atomic mass is 32.2. The van der Waals surface area contributed by atoms with Gasteiger partial charge < -0.3 is 9.88 Å². The average Bonchev–Trinajstić information content (AvgIpc) is 3.39. The molecule has 30 heavy (non-hydrogen) atoms. The molecule has 1 amide bonds. The van der Waals surface area contributed by atoms with Crippen LogP contribution in [0.25, 0.3) is 11.0 Å². The first-order chi connectivity index (χ1) is 14.4. The Kier molecular flexibility index (Phi) is 6.21. The van der Waals surface area contributed by atoms with Gasteiger partial charge >= 0.3 is 0 Å². The Morgan fingerprint density at radius 3 is 2.73 bits per heavy atom. The monoisotopic (exact) mass is 446 g/mol. The third-order valence-electron chi connectivity index (χ3n) is 5.51. The summed E-state index contributed by atoms with van der Waals surface area (Å²) in [5.41, 5.74) is 1.51. The number of sulfonamides is 1. The molecule has 0 radical (unpaired) electrons. The summed E-state index contributed by atoms with van der Waals surface area (Å²) in [6, 6.07) is 9.07. The molecule has 0 aliphatic carbocycles. The maximum Gasteiger partial charge on any atom is 0.243 e. The molecule has 0 spiro atoms. The smallest absolute Gasteiger partial charge is 0.243 e. The number of nitrogens with zero attached hydrogens (tertiary/aromatic N) is 3. The van der Waals surface area contributed by atoms with Gasteiger partial charge in [0.15, 0.2) is 0 Å². The molecule has 1 aliphatic rings. The highest BCUT2D eigenvalue weighted by molar-refractivity contribution is 7.89. The first-order valence-corrected chi connectivity index (χ1v) is 12.5. The van der Waals surface area contributed by atoms with Gasteiger partial charge in [0, 0.05) is 37.9 Å². The molecule has 7 nitrogen and oxygen atoms in total. The molecular weight excluding hydrogens is 420 g/mol. The number of aromatic nitrogens is 2. The normalized spacial score (nSPS) is 15.5. The molecule has 3 aromatic rings. The number of rotatable bonds is 7. The fourth-order valence-electron chi connectivity index (χ4n) is 3.78. The van der Waals surface area contributed by atoms with Crippen LogP contribution in [-0.4, -0.2) is 41.3 Å². The van der Waals surface area contributed by atoms with Gasteiger partial charge in [-0.25, -0.2) is 13.4 Å². The molecule has 1 aliphatic heterocycles. The molecule has 1 aromatic carbocycles. The number of imidazole rings is 1. The van der Waals surface area contributed by atoms with Crippen molar-refractivity contribution in [2.24, 2.45) is 7.05 Å². The van der Waals surface area contributed by atoms with Crippen LogP contribution >= 0.6 is 11.3 Å². The zero-order chi connectivity index (χ0) is 21.1. The molecule has 2 aromatic heterocycles. The molecule has 0 atom stereocenters. The number of nitrogens with one attached hydrogen (secondary N) is 1. The number of benzene rings is 1. The fraction of sp³-hybridized carbons (Fsp3) is 0.429. The number of thiophene rings is 1. The highest BCUT2D eigenvalue weighted by Crippen LogP contribution is 2.24. The summed E-state index contributed by atoms with van der Waals surface area (Å²) in [4.78, 5) is 18.2. The van der Waals surface area contributed by atoms with Crippen molar-refractivity contribution in [3.63, 3.8) is 0 Å². The predicted molar refractivity (Wildman–Crippen MR) is 118 cm³/mol. The van der Waals surface area contributed by atoms with E-state index in [1.165, 1.54) is 0 Å². The minimum absolute atomic E-state index is 0.0242. The van der Waals surface area contributed by atoms with Gasteiger partial charge in [-0.1, -0.05) is 12.5 Å². The largest absolute Gasteiger partial charge is 0.351 e. The first-order valence-electron chi connectivity index (χ1n) is 10.2. The van der Waals surface area contributed by atoms with Crippen molar-refractivity contribution in [2.75, 3.05) is 13.1 Å². The molecule has 160 valence electrons. The van der Waals surface area contributed by atoms with E-state index in [9.17, 15) is 13.2 Å². The van der Waals surface area contributed by atoms with E-state index in [4.69, 9.17) is 0 Å². The van der Waals surface area contributed by atoms with Crippen LogP contribution in [0.1, 0.15) is 36.4 Å². The highest BCUT2D eigenvalue weighted by Gasteiger charge is 2.26. The van der Waals surface area contributed by atoms with Crippen LogP contribution in [0.2, 0.25) is 0 Å². The van der Waals surface area contributed by atoms with Crippen molar-refractivity contribution in [2.45, 2.75) is 43.5 Å². The summed E-state index contributed by atoms with van der Waals surface area (Å²) in [7, 11) is -1.59. The van der Waals surface area contributed by atoms with Crippen LogP contribution < -0.4 is 5.32 Å². The van der Waals surface area contributed by atoms with Gasteiger partial charge in [-0.3, -0.25) is 4.79 Å². The van der Waals surface area contributed by atoms with E-state index in [1.807, 2.05) is 29.1 Å². The number of amides is 1. The van der Waals surface area contributed by atoms with Crippen LogP contribution in [0.15, 0.2) is 40.6 Å². The van der Waals surface area contributed by atoms with Gasteiger partial charge in [0.2, 0.25) is 15.9 Å². The summed E-state index contributed by atoms with van der Waals surface area (Å²) in [6.07, 6.45) is 3.72. The van der Waals surface area contributed by atoms with Crippen molar-refractivity contribution < 1.29 is 13.2 Å². The van der Waals surface area contributed by atoms with E-state index in [-0.39, 0.29) is 10.8 Å². The van der Waals surface area contributed by atoms with Crippen molar-refractivity contribution in [1.29, 1.82) is 0 Å². The van der Waals surface area contributed by atoms with E-state index in [0.717, 1.165) is 35.5 Å². The second-order valence-corrected chi connectivity index (χ2v) is 10.5. The van der Waals surface area contributed by atoms with Crippen molar-refractivity contribution in [3.8, 4) is 0 Å². The molecule has 1 fully saturated rings. The Bertz CT molecular complexity index is 1130. The summed E-state index contributed by atoms with van der Waals surface area (Å²) in [5, 5.41) is 4.91. The quantitative estimate of drug-likeness (QED) is 0.605. The summed E-state index contributed by atoms with van der Waals surface area (Å²) < 4.78 is 29.4. The Morgan fingerprint density at radius 2 is 2.00 bits per heavy atom. The molecule has 0 unspecified atom stereocenters. The predicted octanol–water partition coefficient (Wildman–Crippen LogP) is 3.06. The third kappa shape index (κ3) is 4.43. The molecule has 0 bridgehead atoms. The summed E-state index contributed by atoms with van der Waals surface area (Å²) in [6.45, 7) is 1.69. The van der Waals surface area contributed by atoms with Gasteiger partial charge in [-0.15, -0.1) is 11.3 Å². The zero-order valence-electron chi connectivity index (χ0n) is 17.0. The van der Waals surface area contributed by atoms with Gasteiger partial charge in [0.1, 0.15) is 5.82 Å². The Labute approximate surface area is 180 Å². The molecular formula is C21H26N4O3S2. The van der Waals surface area contributed by atoms with E-state index < -0.39 is 10.0 Å². The van der Waals surface area contributed by atoms with Gasteiger partial charge in [-0.05, 0) is 42.5 Å². The number of fused-ring (bicyclic) bond motifs is 1. The van der Waals surface area contributed by atoms with Crippen LogP contribution in [0.5, 0.6) is 0 Å². The number of hydrogen-bond donors (Lipinski definition) is 1. The number of hydrogen-bond acceptors (Lipinski definition) is 5. The third-order valence-corrected chi connectivity index (χ3v) is 8.28. The van der Waals surface area contributed by atoms with Gasteiger partial charge in [0.05, 0.1) is 22.5 Å². The number of aryl methyl sites for hydroxylation is 2. The number of piperidine rings is 1. The Hall–Kier alpha value is -2.23. The van der Waals surface area contributed by atoms with Crippen molar-refractivity contribution in [1.82, 2.24) is 19.2 Å². The lowest BCUT2D eigenvalue weighted by atomic mass is 10.2. The van der Waals surface area contributed by atoms with Gasteiger partial charge in [-0.2, -0.15) is 4.31 Å². The number of carbonyl (C=O) groups is 1. The number of carbonyl (C=O) groups excluding carboxylic acids is 1. The Morgan fingerprint density at radius 1 is 1.20 bits per heavy atom. The van der Waals surface area contributed by atoms with Crippen molar-refractivity contribution >= 4 is 38.3 Å². The van der Waals surface area contributed by atoms with Crippen LogP contribution in [-0.2, 0) is 34.8 Å². The second kappa shape index (κ2) is 8.87. The molecule has 3 heterocycles. The molecule has 0 saturated carbocycles. The minimum atomic E-state index is -3.49. The maximum absolute atomic E-state index is 12.9. The lowest BCUT2D eigenvalue weighted by Gasteiger charge is -2.25. The molecule has 1 N–H and O–H groups in total. The van der Waals surface area contributed by atoms with E-state index in [0.29, 0.717) is 38.0 Å². The SMILES string of the molecule is Cn1c(CCC(=O)NCc2cccs2)nc2cc(S(=O)(=O)N3CCCCC3)ccc21.